The molecule has 1 fully saturated rings. The zero-order chi connectivity index (χ0) is 18.2. The average Bonchev–Trinajstić information content (AvgIpc) is 2.77. The summed E-state index contributed by atoms with van der Waals surface area (Å²) < 4.78 is 20.0. The van der Waals surface area contributed by atoms with E-state index < -0.39 is 5.60 Å². The van der Waals surface area contributed by atoms with Crippen molar-refractivity contribution in [3.8, 4) is 6.07 Å². The second kappa shape index (κ2) is 6.51. The lowest BCUT2D eigenvalue weighted by atomic mass is 9.93. The van der Waals surface area contributed by atoms with Crippen molar-refractivity contribution >= 4 is 11.7 Å². The van der Waals surface area contributed by atoms with E-state index in [4.69, 9.17) is 10.00 Å². The van der Waals surface area contributed by atoms with Gasteiger partial charge in [-0.1, -0.05) is 18.2 Å². The number of nitrogens with zero attached hydrogens (tertiary/aromatic N) is 2. The SMILES string of the molecule is CC(C)(C)OC(=O)N1C2C=C(c3ccc(CC#N)cc3F)CC1CC2. The van der Waals surface area contributed by atoms with E-state index in [-0.39, 0.29) is 30.4 Å². The van der Waals surface area contributed by atoms with Crippen LogP contribution in [0.3, 0.4) is 0 Å². The summed E-state index contributed by atoms with van der Waals surface area (Å²) in [5.74, 6) is -0.302. The molecule has 1 aromatic rings. The largest absolute Gasteiger partial charge is 0.444 e. The number of halogens is 1. The van der Waals surface area contributed by atoms with E-state index in [0.29, 0.717) is 17.5 Å². The summed E-state index contributed by atoms with van der Waals surface area (Å²) in [5.41, 5.74) is 1.66. The first kappa shape index (κ1) is 17.5. The van der Waals surface area contributed by atoms with E-state index in [1.165, 1.54) is 6.07 Å². The van der Waals surface area contributed by atoms with Gasteiger partial charge in [0.2, 0.25) is 0 Å². The first-order chi connectivity index (χ1) is 11.8. The number of carbonyl (C=O) groups excluding carboxylic acids is 1. The minimum absolute atomic E-state index is 0.0400. The van der Waals surface area contributed by atoms with Gasteiger partial charge in [0, 0.05) is 11.6 Å². The molecule has 1 saturated heterocycles. The fraction of sp³-hybridized carbons (Fsp3) is 0.500. The van der Waals surface area contributed by atoms with Gasteiger partial charge >= 0.3 is 6.09 Å². The van der Waals surface area contributed by atoms with Crippen LogP contribution in [0.4, 0.5) is 9.18 Å². The number of hydrogen-bond donors (Lipinski definition) is 0. The Morgan fingerprint density at radius 3 is 2.76 bits per heavy atom. The van der Waals surface area contributed by atoms with Crippen molar-refractivity contribution in [2.75, 3.05) is 0 Å². The Kier molecular flexibility index (Phi) is 4.55. The van der Waals surface area contributed by atoms with Crippen LogP contribution >= 0.6 is 0 Å². The molecule has 5 heteroatoms. The lowest BCUT2D eigenvalue weighted by Crippen LogP contribution is -2.45. The molecule has 2 heterocycles. The molecule has 132 valence electrons. The third kappa shape index (κ3) is 3.68. The highest BCUT2D eigenvalue weighted by Gasteiger charge is 2.41. The van der Waals surface area contributed by atoms with Crippen LogP contribution in [0.25, 0.3) is 5.57 Å². The fourth-order valence-corrected chi connectivity index (χ4v) is 3.65. The number of benzene rings is 1. The second-order valence-electron chi connectivity index (χ2n) is 7.73. The van der Waals surface area contributed by atoms with Crippen LogP contribution in [0.5, 0.6) is 0 Å². The number of nitriles is 1. The highest BCUT2D eigenvalue weighted by Crippen LogP contribution is 2.40. The summed E-state index contributed by atoms with van der Waals surface area (Å²) in [5, 5.41) is 8.73. The molecule has 4 nitrogen and oxygen atoms in total. The molecule has 2 bridgehead atoms. The monoisotopic (exact) mass is 342 g/mol. The molecule has 0 saturated carbocycles. The van der Waals surface area contributed by atoms with Gasteiger partial charge in [-0.3, -0.25) is 4.90 Å². The van der Waals surface area contributed by atoms with Crippen molar-refractivity contribution in [2.45, 2.75) is 64.1 Å². The lowest BCUT2D eigenvalue weighted by molar-refractivity contribution is 0.0175. The number of rotatable bonds is 2. The zero-order valence-electron chi connectivity index (χ0n) is 14.9. The number of amides is 1. The molecule has 0 radical (unpaired) electrons. The smallest absolute Gasteiger partial charge is 0.411 e. The van der Waals surface area contributed by atoms with Gasteiger partial charge in [0.25, 0.3) is 0 Å². The summed E-state index contributed by atoms with van der Waals surface area (Å²) in [4.78, 5) is 14.3. The van der Waals surface area contributed by atoms with E-state index in [2.05, 4.69) is 0 Å². The molecular weight excluding hydrogens is 319 g/mol. The first-order valence-corrected chi connectivity index (χ1v) is 8.66. The predicted molar refractivity (Wildman–Crippen MR) is 93.2 cm³/mol. The van der Waals surface area contributed by atoms with E-state index in [9.17, 15) is 9.18 Å². The normalized spacial score (nSPS) is 22.4. The third-order valence-corrected chi connectivity index (χ3v) is 4.66. The van der Waals surface area contributed by atoms with Crippen molar-refractivity contribution < 1.29 is 13.9 Å². The molecule has 0 aromatic heterocycles. The molecular formula is C20H23FN2O2. The van der Waals surface area contributed by atoms with Gasteiger partial charge in [-0.05, 0) is 57.2 Å². The summed E-state index contributed by atoms with van der Waals surface area (Å²) in [6.07, 6.45) is 4.31. The molecule has 2 unspecified atom stereocenters. The summed E-state index contributed by atoms with van der Waals surface area (Å²) in [7, 11) is 0. The van der Waals surface area contributed by atoms with Crippen molar-refractivity contribution in [1.82, 2.24) is 4.90 Å². The predicted octanol–water partition coefficient (Wildman–Crippen LogP) is 4.45. The number of carbonyl (C=O) groups is 1. The summed E-state index contributed by atoms with van der Waals surface area (Å²) in [6.45, 7) is 5.57. The van der Waals surface area contributed by atoms with Crippen LogP contribution in [-0.2, 0) is 11.2 Å². The molecule has 3 rings (SSSR count). The molecule has 1 amide bonds. The first-order valence-electron chi connectivity index (χ1n) is 8.66. The topological polar surface area (TPSA) is 53.3 Å². The van der Waals surface area contributed by atoms with Crippen molar-refractivity contribution in [1.29, 1.82) is 5.26 Å². The average molecular weight is 342 g/mol. The minimum atomic E-state index is -0.525. The Bertz CT molecular complexity index is 758. The Morgan fingerprint density at radius 1 is 1.40 bits per heavy atom. The van der Waals surface area contributed by atoms with E-state index >= 15 is 0 Å². The maximum absolute atomic E-state index is 14.5. The third-order valence-electron chi connectivity index (χ3n) is 4.66. The van der Waals surface area contributed by atoms with Gasteiger partial charge in [0.15, 0.2) is 0 Å². The fourth-order valence-electron chi connectivity index (χ4n) is 3.65. The van der Waals surface area contributed by atoms with Gasteiger partial charge < -0.3 is 4.74 Å². The number of hydrogen-bond acceptors (Lipinski definition) is 3. The molecule has 0 spiro atoms. The maximum atomic E-state index is 14.5. The standard InChI is InChI=1S/C20H23FN2O2/c1-20(2,3)25-19(24)23-15-5-6-16(23)12-14(11-15)17-7-4-13(8-9-22)10-18(17)21/h4,7,10-11,15-16H,5-6,8,12H2,1-3H3. The quantitative estimate of drug-likeness (QED) is 0.798. The molecule has 25 heavy (non-hydrogen) atoms. The Labute approximate surface area is 147 Å². The minimum Gasteiger partial charge on any atom is -0.444 e. The van der Waals surface area contributed by atoms with Gasteiger partial charge in [0.1, 0.15) is 11.4 Å². The van der Waals surface area contributed by atoms with Crippen LogP contribution in [0.1, 0.15) is 51.2 Å². The summed E-state index contributed by atoms with van der Waals surface area (Å²) in [6, 6.07) is 7.02. The molecule has 2 aliphatic heterocycles. The van der Waals surface area contributed by atoms with Gasteiger partial charge in [-0.2, -0.15) is 5.26 Å². The molecule has 0 aliphatic carbocycles. The Balaban J connectivity index is 1.82. The van der Waals surface area contributed by atoms with E-state index in [1.54, 1.807) is 17.0 Å². The Morgan fingerprint density at radius 2 is 2.16 bits per heavy atom. The number of fused-ring (bicyclic) bond motifs is 2. The van der Waals surface area contributed by atoms with Crippen LogP contribution in [0, 0.1) is 17.1 Å². The molecule has 2 aliphatic rings. The van der Waals surface area contributed by atoms with Crippen molar-refractivity contribution in [3.63, 3.8) is 0 Å². The van der Waals surface area contributed by atoms with Gasteiger partial charge in [0.05, 0.1) is 18.5 Å². The zero-order valence-corrected chi connectivity index (χ0v) is 14.9. The summed E-state index contributed by atoms with van der Waals surface area (Å²) >= 11 is 0. The van der Waals surface area contributed by atoms with E-state index in [1.807, 2.05) is 32.9 Å². The molecule has 2 atom stereocenters. The van der Waals surface area contributed by atoms with Crippen LogP contribution in [0.2, 0.25) is 0 Å². The van der Waals surface area contributed by atoms with Crippen molar-refractivity contribution in [2.24, 2.45) is 0 Å². The second-order valence-corrected chi connectivity index (χ2v) is 7.73. The molecule has 1 aromatic carbocycles. The highest BCUT2D eigenvalue weighted by molar-refractivity contribution is 5.75. The van der Waals surface area contributed by atoms with Crippen LogP contribution in [0.15, 0.2) is 24.3 Å². The van der Waals surface area contributed by atoms with Gasteiger partial charge in [-0.25, -0.2) is 9.18 Å². The maximum Gasteiger partial charge on any atom is 0.411 e. The Hall–Kier alpha value is -2.35. The highest BCUT2D eigenvalue weighted by atomic mass is 19.1. The van der Waals surface area contributed by atoms with Gasteiger partial charge in [-0.15, -0.1) is 0 Å². The number of ether oxygens (including phenoxy) is 1. The van der Waals surface area contributed by atoms with Crippen LogP contribution in [-0.4, -0.2) is 28.7 Å². The van der Waals surface area contributed by atoms with Crippen LogP contribution < -0.4 is 0 Å². The lowest BCUT2D eigenvalue weighted by Gasteiger charge is -2.35. The van der Waals surface area contributed by atoms with E-state index in [0.717, 1.165) is 18.4 Å². The van der Waals surface area contributed by atoms with Crippen molar-refractivity contribution in [3.05, 3.63) is 41.2 Å². The molecule has 0 N–H and O–H groups in total.